The molecule has 0 aliphatic carbocycles. The fourth-order valence-corrected chi connectivity index (χ4v) is 1.59. The number of rotatable bonds is 3. The Labute approximate surface area is 98.4 Å². The van der Waals surface area contributed by atoms with Gasteiger partial charge in [0.05, 0.1) is 5.56 Å². The summed E-state index contributed by atoms with van der Waals surface area (Å²) < 4.78 is 5.82. The second kappa shape index (κ2) is 4.84. The first kappa shape index (κ1) is 12.3. The Balaban J connectivity index is 2.73. The molecule has 1 heterocycles. The van der Waals surface area contributed by atoms with Gasteiger partial charge >= 0.3 is 0 Å². The number of hydrogen-bond acceptors (Lipinski definition) is 2. The van der Waals surface area contributed by atoms with Gasteiger partial charge in [-0.2, -0.15) is 0 Å². The molecule has 0 bridgehead atoms. The first-order valence-electron chi connectivity index (χ1n) is 4.98. The number of amides is 1. The van der Waals surface area contributed by atoms with Gasteiger partial charge in [-0.1, -0.05) is 13.8 Å². The third-order valence-corrected chi connectivity index (χ3v) is 2.88. The summed E-state index contributed by atoms with van der Waals surface area (Å²) in [6, 6.07) is 1.85. The van der Waals surface area contributed by atoms with Crippen LogP contribution < -0.4 is 5.32 Å². The topological polar surface area (TPSA) is 42.2 Å². The van der Waals surface area contributed by atoms with Gasteiger partial charge in [-0.25, -0.2) is 0 Å². The van der Waals surface area contributed by atoms with Gasteiger partial charge in [-0.15, -0.1) is 0 Å². The zero-order valence-corrected chi connectivity index (χ0v) is 11.0. The fourth-order valence-electron chi connectivity index (χ4n) is 1.12. The van der Waals surface area contributed by atoms with Gasteiger partial charge < -0.3 is 9.73 Å². The Morgan fingerprint density at radius 1 is 1.47 bits per heavy atom. The van der Waals surface area contributed by atoms with E-state index in [9.17, 15) is 4.79 Å². The van der Waals surface area contributed by atoms with Gasteiger partial charge in [-0.3, -0.25) is 4.79 Å². The van der Waals surface area contributed by atoms with Crippen molar-refractivity contribution < 1.29 is 9.21 Å². The number of carbonyl (C=O) groups is 1. The molecule has 3 nitrogen and oxygen atoms in total. The Morgan fingerprint density at radius 3 is 2.47 bits per heavy atom. The van der Waals surface area contributed by atoms with Gasteiger partial charge in [-0.05, 0) is 35.7 Å². The summed E-state index contributed by atoms with van der Waals surface area (Å²) in [5, 5.41) is 2.93. The summed E-state index contributed by atoms with van der Waals surface area (Å²) in [5.41, 5.74) is 0.592. The van der Waals surface area contributed by atoms with Crippen LogP contribution in [0.25, 0.3) is 0 Å². The molecule has 0 radical (unpaired) electrons. The predicted octanol–water partition coefficient (Wildman–Crippen LogP) is 3.12. The molecule has 0 spiro atoms. The van der Waals surface area contributed by atoms with Gasteiger partial charge in [0, 0.05) is 12.1 Å². The van der Waals surface area contributed by atoms with Crippen molar-refractivity contribution in [3.05, 3.63) is 22.1 Å². The van der Waals surface area contributed by atoms with E-state index < -0.39 is 0 Å². The summed E-state index contributed by atoms with van der Waals surface area (Å²) in [7, 11) is 0. The van der Waals surface area contributed by atoms with E-state index >= 15 is 0 Å². The highest BCUT2D eigenvalue weighted by Crippen LogP contribution is 2.19. The highest BCUT2D eigenvalue weighted by Gasteiger charge is 2.17. The molecule has 1 amide bonds. The van der Waals surface area contributed by atoms with Crippen molar-refractivity contribution in [3.8, 4) is 0 Å². The average molecular weight is 274 g/mol. The minimum absolute atomic E-state index is 0.0804. The molecule has 0 aliphatic heterocycles. The van der Waals surface area contributed by atoms with Gasteiger partial charge in [0.1, 0.15) is 5.76 Å². The second-order valence-corrected chi connectivity index (χ2v) is 4.81. The highest BCUT2D eigenvalue weighted by atomic mass is 79.9. The van der Waals surface area contributed by atoms with Crippen LogP contribution in [0.1, 0.15) is 36.9 Å². The number of carbonyl (C=O) groups excluding carboxylic acids is 1. The van der Waals surface area contributed by atoms with Crippen LogP contribution in [0, 0.1) is 12.8 Å². The van der Waals surface area contributed by atoms with Crippen molar-refractivity contribution in [1.82, 2.24) is 5.32 Å². The smallest absolute Gasteiger partial charge is 0.255 e. The summed E-state index contributed by atoms with van der Waals surface area (Å²) >= 11 is 3.20. The SMILES string of the molecule is Cc1oc(Br)cc1C(=O)NC(C)C(C)C. The summed E-state index contributed by atoms with van der Waals surface area (Å²) in [4.78, 5) is 11.8. The van der Waals surface area contributed by atoms with Crippen LogP contribution in [0.4, 0.5) is 0 Å². The molecule has 0 fully saturated rings. The van der Waals surface area contributed by atoms with E-state index in [1.54, 1.807) is 13.0 Å². The minimum atomic E-state index is -0.0804. The van der Waals surface area contributed by atoms with E-state index in [0.29, 0.717) is 21.9 Å². The Kier molecular flexibility index (Phi) is 3.97. The van der Waals surface area contributed by atoms with Crippen LogP contribution in [-0.4, -0.2) is 11.9 Å². The Bertz CT molecular complexity index is 357. The van der Waals surface area contributed by atoms with Crippen LogP contribution in [0.3, 0.4) is 0 Å². The largest absolute Gasteiger partial charge is 0.454 e. The molecule has 0 saturated heterocycles. The van der Waals surface area contributed by atoms with E-state index in [0.717, 1.165) is 0 Å². The van der Waals surface area contributed by atoms with E-state index in [4.69, 9.17) is 4.42 Å². The first-order valence-corrected chi connectivity index (χ1v) is 5.78. The van der Waals surface area contributed by atoms with Gasteiger partial charge in [0.15, 0.2) is 4.67 Å². The lowest BCUT2D eigenvalue weighted by atomic mass is 10.1. The van der Waals surface area contributed by atoms with Crippen molar-refractivity contribution in [1.29, 1.82) is 0 Å². The molecule has 1 rings (SSSR count). The third-order valence-electron chi connectivity index (χ3n) is 2.49. The summed E-state index contributed by atoms with van der Waals surface area (Å²) in [6.07, 6.45) is 0. The fraction of sp³-hybridized carbons (Fsp3) is 0.545. The zero-order valence-electron chi connectivity index (χ0n) is 9.43. The number of halogens is 1. The molecule has 4 heteroatoms. The zero-order chi connectivity index (χ0) is 11.6. The van der Waals surface area contributed by atoms with Crippen LogP contribution in [0.5, 0.6) is 0 Å². The lowest BCUT2D eigenvalue weighted by Gasteiger charge is -2.16. The summed E-state index contributed by atoms with van der Waals surface area (Å²) in [5.74, 6) is 0.975. The number of nitrogens with one attached hydrogen (secondary N) is 1. The van der Waals surface area contributed by atoms with Crippen molar-refractivity contribution >= 4 is 21.8 Å². The molecule has 1 N–H and O–H groups in total. The van der Waals surface area contributed by atoms with Crippen LogP contribution in [-0.2, 0) is 0 Å². The highest BCUT2D eigenvalue weighted by molar-refractivity contribution is 9.10. The van der Waals surface area contributed by atoms with E-state index in [1.807, 2.05) is 6.92 Å². The lowest BCUT2D eigenvalue weighted by Crippen LogP contribution is -2.36. The lowest BCUT2D eigenvalue weighted by molar-refractivity contribution is 0.0929. The number of furan rings is 1. The average Bonchev–Trinajstić information content (AvgIpc) is 2.44. The molecule has 1 aromatic heterocycles. The van der Waals surface area contributed by atoms with Crippen LogP contribution in [0.2, 0.25) is 0 Å². The third kappa shape index (κ3) is 3.09. The quantitative estimate of drug-likeness (QED) is 0.920. The van der Waals surface area contributed by atoms with Crippen LogP contribution >= 0.6 is 15.9 Å². The summed E-state index contributed by atoms with van der Waals surface area (Å²) in [6.45, 7) is 7.92. The maximum Gasteiger partial charge on any atom is 0.255 e. The first-order chi connectivity index (χ1) is 6.91. The van der Waals surface area contributed by atoms with E-state index in [-0.39, 0.29) is 11.9 Å². The molecule has 0 saturated carbocycles. The Morgan fingerprint density at radius 2 is 2.07 bits per heavy atom. The molecular formula is C11H16BrNO2. The van der Waals surface area contributed by atoms with Gasteiger partial charge in [0.2, 0.25) is 0 Å². The molecule has 84 valence electrons. The Hall–Kier alpha value is -0.770. The van der Waals surface area contributed by atoms with Crippen molar-refractivity contribution in [2.45, 2.75) is 33.7 Å². The normalized spacial score (nSPS) is 12.9. The second-order valence-electron chi connectivity index (χ2n) is 4.03. The molecular weight excluding hydrogens is 258 g/mol. The standard InChI is InChI=1S/C11H16BrNO2/c1-6(2)7(3)13-11(14)9-5-10(12)15-8(9)4/h5-7H,1-4H3,(H,13,14). The monoisotopic (exact) mass is 273 g/mol. The minimum Gasteiger partial charge on any atom is -0.454 e. The molecule has 0 aliphatic rings. The van der Waals surface area contributed by atoms with E-state index in [2.05, 4.69) is 35.1 Å². The maximum absolute atomic E-state index is 11.8. The molecule has 1 unspecified atom stereocenters. The van der Waals surface area contributed by atoms with E-state index in [1.165, 1.54) is 0 Å². The molecule has 1 aromatic rings. The van der Waals surface area contributed by atoms with Gasteiger partial charge in [0.25, 0.3) is 5.91 Å². The van der Waals surface area contributed by atoms with Crippen molar-refractivity contribution in [3.63, 3.8) is 0 Å². The maximum atomic E-state index is 11.8. The molecule has 1 atom stereocenters. The molecule has 0 aromatic carbocycles. The van der Waals surface area contributed by atoms with Crippen LogP contribution in [0.15, 0.2) is 15.2 Å². The number of hydrogen-bond donors (Lipinski definition) is 1. The van der Waals surface area contributed by atoms with Crippen molar-refractivity contribution in [2.24, 2.45) is 5.92 Å². The van der Waals surface area contributed by atoms with Crippen molar-refractivity contribution in [2.75, 3.05) is 0 Å². The predicted molar refractivity (Wildman–Crippen MR) is 62.9 cm³/mol. The number of aryl methyl sites for hydroxylation is 1. The molecule has 15 heavy (non-hydrogen) atoms.